The molecule has 0 aliphatic carbocycles. The molecule has 0 aliphatic heterocycles. The fourth-order valence-corrected chi connectivity index (χ4v) is 2.98. The molecule has 0 atom stereocenters. The Hall–Kier alpha value is -3.27. The van der Waals surface area contributed by atoms with Crippen molar-refractivity contribution in [1.82, 2.24) is 14.7 Å². The van der Waals surface area contributed by atoms with Crippen LogP contribution in [0.1, 0.15) is 5.89 Å². The third kappa shape index (κ3) is 2.38. The van der Waals surface area contributed by atoms with Crippen molar-refractivity contribution in [3.05, 3.63) is 62.3 Å². The largest absolute Gasteiger partial charge is 0.442 e. The first-order valence-electron chi connectivity index (χ1n) is 6.76. The Morgan fingerprint density at radius 2 is 2.21 bits per heavy atom. The number of oxazole rings is 1. The number of hydrogen-bond acceptors (Lipinski definition) is 8. The molecule has 10 heteroatoms. The fourth-order valence-electron chi connectivity index (χ4n) is 2.27. The molecular formula is C14H8N4O5S. The quantitative estimate of drug-likeness (QED) is 0.412. The summed E-state index contributed by atoms with van der Waals surface area (Å²) in [5.74, 6) is -0.0246. The maximum atomic E-state index is 11.9. The van der Waals surface area contributed by atoms with Crippen LogP contribution in [0, 0.1) is 10.1 Å². The molecule has 0 unspecified atom stereocenters. The van der Waals surface area contributed by atoms with Crippen molar-refractivity contribution in [2.24, 2.45) is 0 Å². The summed E-state index contributed by atoms with van der Waals surface area (Å²) in [5.41, 5.74) is 0.669. The van der Waals surface area contributed by atoms with Crippen molar-refractivity contribution in [2.45, 2.75) is 6.54 Å². The summed E-state index contributed by atoms with van der Waals surface area (Å²) in [6.45, 7) is 0.0119. The third-order valence-electron chi connectivity index (χ3n) is 3.35. The lowest BCUT2D eigenvalue weighted by Gasteiger charge is -1.98. The van der Waals surface area contributed by atoms with E-state index in [9.17, 15) is 14.9 Å². The van der Waals surface area contributed by atoms with E-state index in [-0.39, 0.29) is 18.1 Å². The van der Waals surface area contributed by atoms with Gasteiger partial charge in [0.05, 0.1) is 9.80 Å². The first-order chi connectivity index (χ1) is 11.6. The average Bonchev–Trinajstić information content (AvgIpc) is 3.27. The van der Waals surface area contributed by atoms with Gasteiger partial charge in [0.2, 0.25) is 5.89 Å². The van der Waals surface area contributed by atoms with Crippen molar-refractivity contribution < 1.29 is 13.9 Å². The number of nitro benzene ring substituents is 1. The van der Waals surface area contributed by atoms with Gasteiger partial charge < -0.3 is 4.42 Å². The molecule has 120 valence electrons. The van der Waals surface area contributed by atoms with E-state index in [0.717, 1.165) is 4.88 Å². The minimum Gasteiger partial charge on any atom is -0.439 e. The molecule has 0 saturated heterocycles. The van der Waals surface area contributed by atoms with Gasteiger partial charge >= 0.3 is 5.76 Å². The SMILES string of the molecule is O=c1onc(-c2cccs2)n1Cc1nc2cc([N+](=O)[O-])ccc2o1. The molecule has 4 aromatic rings. The smallest absolute Gasteiger partial charge is 0.439 e. The van der Waals surface area contributed by atoms with E-state index in [1.165, 1.54) is 34.1 Å². The number of nitrogens with zero attached hydrogens (tertiary/aromatic N) is 4. The average molecular weight is 344 g/mol. The van der Waals surface area contributed by atoms with E-state index in [0.29, 0.717) is 16.9 Å². The standard InChI is InChI=1S/C14H8N4O5S/c19-14-17(13(16-23-14)11-2-1-5-24-11)7-12-15-9-6-8(18(20)21)3-4-10(9)22-12/h1-6H,7H2. The highest BCUT2D eigenvalue weighted by Gasteiger charge is 2.17. The first kappa shape index (κ1) is 14.3. The summed E-state index contributed by atoms with van der Waals surface area (Å²) in [4.78, 5) is 27.1. The summed E-state index contributed by atoms with van der Waals surface area (Å²) in [5, 5.41) is 16.4. The molecule has 0 N–H and O–H groups in total. The predicted molar refractivity (Wildman–Crippen MR) is 83.8 cm³/mol. The van der Waals surface area contributed by atoms with Gasteiger partial charge in [0.1, 0.15) is 12.1 Å². The molecular weight excluding hydrogens is 336 g/mol. The Kier molecular flexibility index (Phi) is 3.24. The minimum absolute atomic E-state index is 0.0119. The number of rotatable bonds is 4. The number of benzene rings is 1. The van der Waals surface area contributed by atoms with Gasteiger partial charge in [-0.1, -0.05) is 11.2 Å². The van der Waals surface area contributed by atoms with E-state index in [1.54, 1.807) is 0 Å². The number of aromatic nitrogens is 3. The van der Waals surface area contributed by atoms with Crippen LogP contribution in [0.25, 0.3) is 21.8 Å². The Balaban J connectivity index is 1.74. The summed E-state index contributed by atoms with van der Waals surface area (Å²) in [6.07, 6.45) is 0. The van der Waals surface area contributed by atoms with Crippen molar-refractivity contribution in [1.29, 1.82) is 0 Å². The van der Waals surface area contributed by atoms with E-state index in [2.05, 4.69) is 10.1 Å². The highest BCUT2D eigenvalue weighted by Crippen LogP contribution is 2.24. The molecule has 9 nitrogen and oxygen atoms in total. The van der Waals surface area contributed by atoms with Gasteiger partial charge in [0.25, 0.3) is 5.69 Å². The van der Waals surface area contributed by atoms with Crippen LogP contribution in [-0.2, 0) is 6.54 Å². The van der Waals surface area contributed by atoms with Crippen molar-refractivity contribution in [3.8, 4) is 10.7 Å². The first-order valence-corrected chi connectivity index (χ1v) is 7.64. The number of fused-ring (bicyclic) bond motifs is 1. The zero-order chi connectivity index (χ0) is 16.7. The number of non-ortho nitro benzene ring substituents is 1. The van der Waals surface area contributed by atoms with Crippen LogP contribution >= 0.6 is 11.3 Å². The van der Waals surface area contributed by atoms with Gasteiger partial charge in [-0.05, 0) is 17.5 Å². The van der Waals surface area contributed by atoms with Gasteiger partial charge in [-0.15, -0.1) is 11.3 Å². The number of hydrogen-bond donors (Lipinski definition) is 0. The van der Waals surface area contributed by atoms with Gasteiger partial charge in [-0.3, -0.25) is 14.6 Å². The third-order valence-corrected chi connectivity index (χ3v) is 4.21. The summed E-state index contributed by atoms with van der Waals surface area (Å²) < 4.78 is 11.6. The Bertz CT molecular complexity index is 1090. The van der Waals surface area contributed by atoms with Crippen LogP contribution < -0.4 is 5.76 Å². The maximum Gasteiger partial charge on any atom is 0.442 e. The van der Waals surface area contributed by atoms with E-state index < -0.39 is 10.7 Å². The lowest BCUT2D eigenvalue weighted by Crippen LogP contribution is -2.16. The molecule has 1 aromatic carbocycles. The molecule has 3 heterocycles. The molecule has 0 amide bonds. The summed E-state index contributed by atoms with van der Waals surface area (Å²) in [6, 6.07) is 7.77. The van der Waals surface area contributed by atoms with Crippen LogP contribution in [0.15, 0.2) is 49.4 Å². The minimum atomic E-state index is -0.633. The number of thiophene rings is 1. The van der Waals surface area contributed by atoms with Gasteiger partial charge in [-0.25, -0.2) is 14.3 Å². The van der Waals surface area contributed by atoms with E-state index >= 15 is 0 Å². The van der Waals surface area contributed by atoms with Gasteiger partial charge in [-0.2, -0.15) is 0 Å². The number of nitro groups is 1. The Morgan fingerprint density at radius 1 is 1.33 bits per heavy atom. The topological polar surface area (TPSA) is 117 Å². The molecule has 0 saturated carbocycles. The van der Waals surface area contributed by atoms with Crippen molar-refractivity contribution in [2.75, 3.05) is 0 Å². The molecule has 0 spiro atoms. The molecule has 0 bridgehead atoms. The normalized spacial score (nSPS) is 11.2. The second-order valence-corrected chi connectivity index (χ2v) is 5.80. The molecule has 4 rings (SSSR count). The maximum absolute atomic E-state index is 11.9. The highest BCUT2D eigenvalue weighted by atomic mass is 32.1. The lowest BCUT2D eigenvalue weighted by atomic mass is 10.3. The van der Waals surface area contributed by atoms with Crippen LogP contribution in [0.2, 0.25) is 0 Å². The molecule has 0 aliphatic rings. The lowest BCUT2D eigenvalue weighted by molar-refractivity contribution is -0.384. The molecule has 24 heavy (non-hydrogen) atoms. The molecule has 0 radical (unpaired) electrons. The van der Waals surface area contributed by atoms with Crippen LogP contribution in [0.4, 0.5) is 5.69 Å². The van der Waals surface area contributed by atoms with Crippen LogP contribution in [-0.4, -0.2) is 19.6 Å². The Morgan fingerprint density at radius 3 is 2.96 bits per heavy atom. The fraction of sp³-hybridized carbons (Fsp3) is 0.0714. The van der Waals surface area contributed by atoms with Gasteiger partial charge in [0.15, 0.2) is 11.4 Å². The summed E-state index contributed by atoms with van der Waals surface area (Å²) in [7, 11) is 0. The van der Waals surface area contributed by atoms with Crippen LogP contribution in [0.5, 0.6) is 0 Å². The Labute approximate surface area is 136 Å². The second-order valence-electron chi connectivity index (χ2n) is 4.85. The van der Waals surface area contributed by atoms with Crippen molar-refractivity contribution >= 4 is 28.1 Å². The predicted octanol–water partition coefficient (Wildman–Crippen LogP) is 2.66. The zero-order valence-corrected chi connectivity index (χ0v) is 12.7. The highest BCUT2D eigenvalue weighted by molar-refractivity contribution is 7.13. The van der Waals surface area contributed by atoms with Crippen LogP contribution in [0.3, 0.4) is 0 Å². The van der Waals surface area contributed by atoms with E-state index in [1.807, 2.05) is 17.5 Å². The van der Waals surface area contributed by atoms with E-state index in [4.69, 9.17) is 8.94 Å². The van der Waals surface area contributed by atoms with Crippen molar-refractivity contribution in [3.63, 3.8) is 0 Å². The zero-order valence-electron chi connectivity index (χ0n) is 11.9. The van der Waals surface area contributed by atoms with Gasteiger partial charge in [0, 0.05) is 12.1 Å². The summed E-state index contributed by atoms with van der Waals surface area (Å²) >= 11 is 1.42. The second kappa shape index (κ2) is 5.42. The monoisotopic (exact) mass is 344 g/mol. The molecule has 3 aromatic heterocycles. The molecule has 0 fully saturated rings.